The predicted molar refractivity (Wildman–Crippen MR) is 242 cm³/mol. The third-order valence-corrected chi connectivity index (χ3v) is 10.6. The number of phenols is 1. The first-order valence-electron chi connectivity index (χ1n) is 21.3. The van der Waals surface area contributed by atoms with Crippen LogP contribution in [0.3, 0.4) is 0 Å². The average Bonchev–Trinajstić information content (AvgIpc) is 3.67. The van der Waals surface area contributed by atoms with Gasteiger partial charge in [0.25, 0.3) is 0 Å². The van der Waals surface area contributed by atoms with Crippen LogP contribution in [-0.4, -0.2) is 99.6 Å². The maximum absolute atomic E-state index is 14.4. The van der Waals surface area contributed by atoms with Crippen LogP contribution in [0.5, 0.6) is 5.75 Å². The fourth-order valence-corrected chi connectivity index (χ4v) is 6.91. The van der Waals surface area contributed by atoms with Gasteiger partial charge < -0.3 is 59.2 Å². The number of nitrogens with two attached hydrogens (primary N) is 3. The van der Waals surface area contributed by atoms with Gasteiger partial charge in [0, 0.05) is 36.4 Å². The van der Waals surface area contributed by atoms with Crippen LogP contribution >= 0.6 is 0 Å². The molecule has 4 rings (SSSR count). The van der Waals surface area contributed by atoms with E-state index in [0.29, 0.717) is 11.1 Å². The van der Waals surface area contributed by atoms with Gasteiger partial charge >= 0.3 is 0 Å². The van der Waals surface area contributed by atoms with Gasteiger partial charge in [0.05, 0.1) is 6.04 Å². The van der Waals surface area contributed by atoms with Crippen LogP contribution < -0.4 is 49.1 Å². The molecule has 7 atom stereocenters. The highest BCUT2D eigenvalue weighted by Crippen LogP contribution is 2.20. The molecule has 0 saturated heterocycles. The van der Waals surface area contributed by atoms with E-state index in [4.69, 9.17) is 17.2 Å². The summed E-state index contributed by atoms with van der Waals surface area (Å²) >= 11 is 0. The van der Waals surface area contributed by atoms with Crippen LogP contribution in [0, 0.1) is 5.92 Å². The highest BCUT2D eigenvalue weighted by molar-refractivity contribution is 5.98. The molecule has 65 heavy (non-hydrogen) atoms. The van der Waals surface area contributed by atoms with Crippen LogP contribution in [0.25, 0.3) is 10.9 Å². The number of phenolic OH excluding ortho intramolecular Hbond substituents is 1. The summed E-state index contributed by atoms with van der Waals surface area (Å²) in [6, 6.07) is 13.6. The molecule has 1 heterocycles. The lowest BCUT2D eigenvalue weighted by Crippen LogP contribution is -2.60. The molecule has 0 spiro atoms. The molecular weight excluding hydrogens is 837 g/mol. The number of hydrogen-bond donors (Lipinski definition) is 11. The molecule has 4 aromatic rings. The maximum Gasteiger partial charge on any atom is 0.243 e. The number of hydrogen-bond acceptors (Lipinski definition) is 10. The Balaban J connectivity index is 1.58. The summed E-state index contributed by atoms with van der Waals surface area (Å²) in [5.41, 5.74) is 19.6. The van der Waals surface area contributed by atoms with Crippen molar-refractivity contribution in [1.29, 1.82) is 0 Å². The van der Waals surface area contributed by atoms with Crippen molar-refractivity contribution in [2.45, 2.75) is 109 Å². The van der Waals surface area contributed by atoms with Gasteiger partial charge in [-0.3, -0.25) is 38.4 Å². The summed E-state index contributed by atoms with van der Waals surface area (Å²) < 4.78 is 0. The Morgan fingerprint density at radius 2 is 1.09 bits per heavy atom. The zero-order chi connectivity index (χ0) is 47.8. The second kappa shape index (κ2) is 24.0. The molecule has 14 N–H and O–H groups in total. The van der Waals surface area contributed by atoms with Crippen LogP contribution in [0.4, 0.5) is 0 Å². The SMILES string of the molecule is CC(C)C[C@H](NC(=O)[C@H](Cc1c[nH]c2ccccc12)NC(=O)[C@H](Cc1ccc(O)cc1)NC(=O)[C@H](C)NC(=O)[C@H](CCC(N)=O)NC(=O)[C@@H](N)Cc1ccccc1)C(=O)N[C@@H](C)C(N)=O. The number of nitrogens with one attached hydrogen (secondary N) is 7. The number of aromatic nitrogens is 1. The molecule has 0 radical (unpaired) electrons. The molecule has 0 aliphatic carbocycles. The van der Waals surface area contributed by atoms with Crippen molar-refractivity contribution in [2.75, 3.05) is 0 Å². The number of benzene rings is 3. The van der Waals surface area contributed by atoms with Gasteiger partial charge in [-0.2, -0.15) is 0 Å². The normalized spacial score (nSPS) is 14.4. The topological polar surface area (TPSA) is 323 Å². The Labute approximate surface area is 376 Å². The summed E-state index contributed by atoms with van der Waals surface area (Å²) in [7, 11) is 0. The van der Waals surface area contributed by atoms with Crippen LogP contribution in [0.2, 0.25) is 0 Å². The van der Waals surface area contributed by atoms with E-state index in [1.54, 1.807) is 42.6 Å². The fourth-order valence-electron chi connectivity index (χ4n) is 6.91. The van der Waals surface area contributed by atoms with Crippen molar-refractivity contribution in [1.82, 2.24) is 36.9 Å². The van der Waals surface area contributed by atoms with E-state index in [1.807, 2.05) is 44.2 Å². The van der Waals surface area contributed by atoms with Crippen molar-refractivity contribution in [3.8, 4) is 5.75 Å². The van der Waals surface area contributed by atoms with E-state index in [-0.39, 0.29) is 50.2 Å². The van der Waals surface area contributed by atoms with Gasteiger partial charge in [-0.05, 0) is 73.9 Å². The molecule has 19 nitrogen and oxygen atoms in total. The quantitative estimate of drug-likeness (QED) is 0.0446. The number of carbonyl (C=O) groups excluding carboxylic acids is 8. The second-order valence-corrected chi connectivity index (χ2v) is 16.5. The van der Waals surface area contributed by atoms with Crippen molar-refractivity contribution < 1.29 is 43.5 Å². The lowest BCUT2D eigenvalue weighted by molar-refractivity contribution is -0.135. The second-order valence-electron chi connectivity index (χ2n) is 16.5. The molecule has 8 amide bonds. The van der Waals surface area contributed by atoms with Gasteiger partial charge in [-0.15, -0.1) is 0 Å². The number of aromatic amines is 1. The smallest absolute Gasteiger partial charge is 0.243 e. The van der Waals surface area contributed by atoms with E-state index in [1.165, 1.54) is 26.0 Å². The number of fused-ring (bicyclic) bond motifs is 1. The molecular formula is C46H60N10O9. The molecule has 0 saturated carbocycles. The van der Waals surface area contributed by atoms with Gasteiger partial charge in [-0.25, -0.2) is 0 Å². The van der Waals surface area contributed by atoms with Crippen molar-refractivity contribution in [2.24, 2.45) is 23.1 Å². The minimum atomic E-state index is -1.38. The number of para-hydroxylation sites is 1. The van der Waals surface area contributed by atoms with Gasteiger partial charge in [-0.1, -0.05) is 74.5 Å². The average molecular weight is 897 g/mol. The Kier molecular flexibility index (Phi) is 18.6. The molecule has 0 unspecified atom stereocenters. The molecule has 3 aromatic carbocycles. The Hall–Kier alpha value is -7.28. The van der Waals surface area contributed by atoms with Crippen LogP contribution in [-0.2, 0) is 57.6 Å². The number of H-pyrrole nitrogens is 1. The molecule has 19 heteroatoms. The predicted octanol–water partition coefficient (Wildman–Crippen LogP) is -0.0258. The molecule has 1 aromatic heterocycles. The van der Waals surface area contributed by atoms with E-state index >= 15 is 0 Å². The maximum atomic E-state index is 14.4. The van der Waals surface area contributed by atoms with Crippen molar-refractivity contribution in [3.05, 3.63) is 102 Å². The number of carbonyl (C=O) groups is 8. The third-order valence-electron chi connectivity index (χ3n) is 10.6. The van der Waals surface area contributed by atoms with Crippen molar-refractivity contribution in [3.63, 3.8) is 0 Å². The zero-order valence-corrected chi connectivity index (χ0v) is 36.9. The summed E-state index contributed by atoms with van der Waals surface area (Å²) in [4.78, 5) is 109. The fraction of sp³-hybridized carbons (Fsp3) is 0.391. The van der Waals surface area contributed by atoms with Gasteiger partial charge in [0.15, 0.2) is 0 Å². The van der Waals surface area contributed by atoms with E-state index < -0.39 is 89.6 Å². The van der Waals surface area contributed by atoms with Gasteiger partial charge in [0.2, 0.25) is 47.3 Å². The highest BCUT2D eigenvalue weighted by Gasteiger charge is 2.33. The number of aromatic hydroxyl groups is 1. The molecule has 0 aliphatic rings. The Morgan fingerprint density at radius 3 is 1.72 bits per heavy atom. The molecule has 348 valence electrons. The zero-order valence-electron chi connectivity index (χ0n) is 36.9. The van der Waals surface area contributed by atoms with Crippen LogP contribution in [0.15, 0.2) is 85.1 Å². The number of primary amides is 2. The minimum Gasteiger partial charge on any atom is -0.508 e. The molecule has 0 bridgehead atoms. The largest absolute Gasteiger partial charge is 0.508 e. The Bertz CT molecular complexity index is 2300. The summed E-state index contributed by atoms with van der Waals surface area (Å²) in [5, 5.41) is 26.5. The lowest BCUT2D eigenvalue weighted by Gasteiger charge is -2.27. The first-order chi connectivity index (χ1) is 30.8. The summed E-state index contributed by atoms with van der Waals surface area (Å²) in [6.45, 7) is 6.45. The summed E-state index contributed by atoms with van der Waals surface area (Å²) in [6.07, 6.45) is 1.36. The van der Waals surface area contributed by atoms with E-state index in [9.17, 15) is 43.5 Å². The minimum absolute atomic E-state index is 0.0465. The highest BCUT2D eigenvalue weighted by atomic mass is 16.3. The number of rotatable bonds is 24. The van der Waals surface area contributed by atoms with Crippen LogP contribution in [0.1, 0.15) is 63.6 Å². The van der Waals surface area contributed by atoms with E-state index in [2.05, 4.69) is 36.9 Å². The molecule has 0 aliphatic heterocycles. The standard InChI is InChI=1S/C46H60N10O9/c1-25(2)20-36(44(63)51-26(3)40(49)59)55-46(65)38(23-30-24-50-34-13-9-8-12-32(30)34)56-45(64)37(22-29-14-16-31(57)17-15-29)54-41(60)27(4)52-43(62)35(18-19-39(48)58)53-42(61)33(47)21-28-10-6-5-7-11-28/h5-17,24-27,33,35-38,50,57H,18-23,47H2,1-4H3,(H2,48,58)(H2,49,59)(H,51,63)(H,52,62)(H,53,61)(H,54,60)(H,55,65)(H,56,64)/t26-,27-,33-,35-,36-,37-,38-/m0/s1. The monoisotopic (exact) mass is 896 g/mol. The third kappa shape index (κ3) is 15.8. The van der Waals surface area contributed by atoms with Gasteiger partial charge in [0.1, 0.15) is 42.0 Å². The lowest BCUT2D eigenvalue weighted by atomic mass is 9.99. The van der Waals surface area contributed by atoms with E-state index in [0.717, 1.165) is 16.5 Å². The first-order valence-corrected chi connectivity index (χ1v) is 21.3. The summed E-state index contributed by atoms with van der Waals surface area (Å²) in [5.74, 6) is -6.17. The molecule has 0 fully saturated rings. The number of amides is 8. The van der Waals surface area contributed by atoms with Crippen molar-refractivity contribution >= 4 is 58.2 Å². The first kappa shape index (κ1) is 50.4. The Morgan fingerprint density at radius 1 is 0.569 bits per heavy atom.